The molecule has 6 nitrogen and oxygen atoms in total. The third-order valence-electron chi connectivity index (χ3n) is 1.79. The van der Waals surface area contributed by atoms with Crippen LogP contribution >= 0.6 is 0 Å². The lowest BCUT2D eigenvalue weighted by Gasteiger charge is -2.31. The molecule has 12 heavy (non-hydrogen) atoms. The molecule has 0 aromatic carbocycles. The van der Waals surface area contributed by atoms with Crippen LogP contribution in [0.15, 0.2) is 0 Å². The number of hydrogen-bond acceptors (Lipinski definition) is 3. The van der Waals surface area contributed by atoms with Crippen LogP contribution in [0.5, 0.6) is 0 Å². The van der Waals surface area contributed by atoms with Gasteiger partial charge < -0.3 is 0 Å². The number of carbonyl (C=O) groups is 3. The number of urea groups is 3. The number of nitrogens with zero attached hydrogens (tertiary/aromatic N) is 2. The smallest absolute Gasteiger partial charge is 0.247 e. The molecule has 0 aromatic heterocycles. The number of rotatable bonds is 0. The molecule has 0 saturated carbocycles. The maximum Gasteiger partial charge on any atom is 0.435 e. The molecular formula is C6H10N3O3+. The van der Waals surface area contributed by atoms with Crippen molar-refractivity contribution in [3.8, 4) is 0 Å². The van der Waals surface area contributed by atoms with Crippen LogP contribution in [0.1, 0.15) is 0 Å². The molecule has 0 aromatic rings. The summed E-state index contributed by atoms with van der Waals surface area (Å²) in [6, 6.07) is -1.82. The van der Waals surface area contributed by atoms with Crippen molar-refractivity contribution in [2.45, 2.75) is 0 Å². The van der Waals surface area contributed by atoms with Gasteiger partial charge in [0.2, 0.25) is 0 Å². The second kappa shape index (κ2) is 2.28. The number of hydrogen-bond donors (Lipinski definition) is 1. The largest absolute Gasteiger partial charge is 0.435 e. The maximum atomic E-state index is 11.3. The van der Waals surface area contributed by atoms with E-state index in [1.54, 1.807) is 0 Å². The Balaban J connectivity index is 3.04. The van der Waals surface area contributed by atoms with Crippen LogP contribution in [0, 0.1) is 0 Å². The molecule has 0 radical (unpaired) electrons. The van der Waals surface area contributed by atoms with Gasteiger partial charge in [-0.3, -0.25) is 0 Å². The number of quaternary nitrogens is 1. The molecule has 1 rings (SSSR count). The Hall–Kier alpha value is -1.43. The standard InChI is InChI=1S/C6H9N3O3/c1-8-4(10)7-5(11)9(2,3)6(8)12/h1-3H3/p+1. The van der Waals surface area contributed by atoms with E-state index < -0.39 is 22.6 Å². The van der Waals surface area contributed by atoms with Crippen molar-refractivity contribution >= 4 is 18.1 Å². The highest BCUT2D eigenvalue weighted by molar-refractivity contribution is 6.05. The SMILES string of the molecule is CN1C(=O)NC(=O)[N+](C)(C)C1=O. The monoisotopic (exact) mass is 172 g/mol. The Morgan fingerprint density at radius 1 is 1.25 bits per heavy atom. The number of carbonyl (C=O) groups excluding carboxylic acids is 3. The molecule has 6 heteroatoms. The van der Waals surface area contributed by atoms with Crippen molar-refractivity contribution in [3.05, 3.63) is 0 Å². The van der Waals surface area contributed by atoms with Gasteiger partial charge in [-0.05, 0) is 0 Å². The summed E-state index contributed by atoms with van der Waals surface area (Å²) in [7, 11) is 4.16. The first kappa shape index (κ1) is 8.66. The van der Waals surface area contributed by atoms with Crippen LogP contribution in [0.2, 0.25) is 0 Å². The predicted octanol–water partition coefficient (Wildman–Crippen LogP) is -0.0422. The van der Waals surface area contributed by atoms with Crippen LogP contribution in [0.25, 0.3) is 0 Å². The lowest BCUT2D eigenvalue weighted by Crippen LogP contribution is -2.68. The van der Waals surface area contributed by atoms with E-state index in [0.29, 0.717) is 0 Å². The first-order valence-corrected chi connectivity index (χ1v) is 3.35. The molecule has 0 bridgehead atoms. The van der Waals surface area contributed by atoms with Gasteiger partial charge in [-0.1, -0.05) is 0 Å². The topological polar surface area (TPSA) is 66.5 Å². The molecule has 0 aliphatic carbocycles. The van der Waals surface area contributed by atoms with E-state index in [-0.39, 0.29) is 0 Å². The van der Waals surface area contributed by atoms with Crippen molar-refractivity contribution in [2.75, 3.05) is 21.1 Å². The van der Waals surface area contributed by atoms with E-state index in [9.17, 15) is 14.4 Å². The fraction of sp³-hybridized carbons (Fsp3) is 0.500. The first-order chi connectivity index (χ1) is 5.37. The minimum atomic E-state index is -0.678. The Bertz CT molecular complexity index is 271. The zero-order chi connectivity index (χ0) is 9.52. The molecule has 6 amide bonds. The van der Waals surface area contributed by atoms with Crippen molar-refractivity contribution in [1.82, 2.24) is 10.2 Å². The van der Waals surface area contributed by atoms with Crippen molar-refractivity contribution in [1.29, 1.82) is 0 Å². The molecule has 1 saturated heterocycles. The summed E-state index contributed by atoms with van der Waals surface area (Å²) < 4.78 is -0.484. The average molecular weight is 172 g/mol. The summed E-state index contributed by atoms with van der Waals surface area (Å²) in [5, 5.41) is 2.05. The van der Waals surface area contributed by atoms with E-state index in [0.717, 1.165) is 4.90 Å². The van der Waals surface area contributed by atoms with Gasteiger partial charge in [0.05, 0.1) is 14.1 Å². The zero-order valence-corrected chi connectivity index (χ0v) is 7.12. The van der Waals surface area contributed by atoms with Crippen molar-refractivity contribution in [2.24, 2.45) is 0 Å². The van der Waals surface area contributed by atoms with Gasteiger partial charge in [-0.2, -0.15) is 4.48 Å². The highest BCUT2D eigenvalue weighted by Crippen LogP contribution is 2.09. The van der Waals surface area contributed by atoms with E-state index in [2.05, 4.69) is 0 Å². The molecule has 1 aliphatic rings. The van der Waals surface area contributed by atoms with Crippen LogP contribution in [-0.2, 0) is 0 Å². The number of amides is 6. The normalized spacial score (nSPS) is 22.6. The molecule has 0 atom stereocenters. The molecular weight excluding hydrogens is 162 g/mol. The lowest BCUT2D eigenvalue weighted by molar-refractivity contribution is -0.728. The maximum absolute atomic E-state index is 11.3. The lowest BCUT2D eigenvalue weighted by atomic mass is 10.5. The summed E-state index contributed by atoms with van der Waals surface area (Å²) in [4.78, 5) is 34.1. The number of nitrogens with one attached hydrogen (secondary N) is 1. The molecule has 1 N–H and O–H groups in total. The third kappa shape index (κ3) is 0.964. The molecule has 1 aliphatic heterocycles. The fourth-order valence-electron chi connectivity index (χ4n) is 0.864. The summed E-state index contributed by atoms with van der Waals surface area (Å²) in [6.07, 6.45) is 0. The van der Waals surface area contributed by atoms with Gasteiger partial charge in [0.1, 0.15) is 0 Å². The molecule has 66 valence electrons. The van der Waals surface area contributed by atoms with Gasteiger partial charge in [0, 0.05) is 7.05 Å². The zero-order valence-electron chi connectivity index (χ0n) is 7.12. The average Bonchev–Trinajstić information content (AvgIpc) is 1.99. The summed E-state index contributed by atoms with van der Waals surface area (Å²) in [5.41, 5.74) is 0. The van der Waals surface area contributed by atoms with E-state index in [1.807, 2.05) is 5.32 Å². The number of imide groups is 3. The highest BCUT2D eigenvalue weighted by atomic mass is 16.2. The van der Waals surface area contributed by atoms with E-state index in [1.165, 1.54) is 21.1 Å². The van der Waals surface area contributed by atoms with Gasteiger partial charge in [0.15, 0.2) is 0 Å². The molecule has 1 fully saturated rings. The Morgan fingerprint density at radius 3 is 2.25 bits per heavy atom. The highest BCUT2D eigenvalue weighted by Gasteiger charge is 2.46. The Kier molecular flexibility index (Phi) is 1.64. The molecule has 1 heterocycles. The fourth-order valence-corrected chi connectivity index (χ4v) is 0.864. The van der Waals surface area contributed by atoms with Gasteiger partial charge in [0.25, 0.3) is 0 Å². The van der Waals surface area contributed by atoms with Gasteiger partial charge >= 0.3 is 18.1 Å². The van der Waals surface area contributed by atoms with Crippen LogP contribution < -0.4 is 5.32 Å². The minimum absolute atomic E-state index is 0.484. The summed E-state index contributed by atoms with van der Waals surface area (Å²) in [6.45, 7) is 0. The van der Waals surface area contributed by atoms with Crippen molar-refractivity contribution in [3.63, 3.8) is 0 Å². The van der Waals surface area contributed by atoms with Crippen LogP contribution in [0.4, 0.5) is 14.4 Å². The second-order valence-electron chi connectivity index (χ2n) is 3.03. The van der Waals surface area contributed by atoms with Gasteiger partial charge in [-0.25, -0.2) is 24.6 Å². The van der Waals surface area contributed by atoms with Crippen LogP contribution in [0.3, 0.4) is 0 Å². The second-order valence-corrected chi connectivity index (χ2v) is 3.03. The van der Waals surface area contributed by atoms with E-state index in [4.69, 9.17) is 0 Å². The quantitative estimate of drug-likeness (QED) is 0.521. The van der Waals surface area contributed by atoms with Crippen LogP contribution in [-0.4, -0.2) is 48.6 Å². The minimum Gasteiger partial charge on any atom is -0.247 e. The summed E-state index contributed by atoms with van der Waals surface area (Å²) >= 11 is 0. The first-order valence-electron chi connectivity index (χ1n) is 3.35. The predicted molar refractivity (Wildman–Crippen MR) is 39.2 cm³/mol. The Labute approximate surface area is 69.3 Å². The third-order valence-corrected chi connectivity index (χ3v) is 1.79. The Morgan fingerprint density at radius 2 is 1.75 bits per heavy atom. The van der Waals surface area contributed by atoms with E-state index >= 15 is 0 Å². The van der Waals surface area contributed by atoms with Gasteiger partial charge in [-0.15, -0.1) is 0 Å². The molecule has 0 spiro atoms. The molecule has 0 unspecified atom stereocenters. The summed E-state index contributed by atoms with van der Waals surface area (Å²) in [5.74, 6) is 0. The van der Waals surface area contributed by atoms with Crippen molar-refractivity contribution < 1.29 is 18.9 Å².